The van der Waals surface area contributed by atoms with E-state index >= 15 is 4.39 Å². The highest BCUT2D eigenvalue weighted by Crippen LogP contribution is 2.60. The molecule has 1 fully saturated rings. The second-order valence-corrected chi connectivity index (χ2v) is 12.6. The Morgan fingerprint density at radius 1 is 1.26 bits per heavy atom. The molecule has 39 heavy (non-hydrogen) atoms. The lowest BCUT2D eigenvalue weighted by atomic mass is 9.63. The number of fused-ring (bicyclic) bond motifs is 2. The van der Waals surface area contributed by atoms with Crippen LogP contribution in [0.15, 0.2) is 42.6 Å². The van der Waals surface area contributed by atoms with E-state index in [-0.39, 0.29) is 40.9 Å². The summed E-state index contributed by atoms with van der Waals surface area (Å²) in [5.74, 6) is -1.23. The summed E-state index contributed by atoms with van der Waals surface area (Å²) >= 11 is 12.5. The Balaban J connectivity index is 1.67. The van der Waals surface area contributed by atoms with Crippen LogP contribution in [0.1, 0.15) is 55.6 Å². The topological polar surface area (TPSA) is 79.3 Å². The van der Waals surface area contributed by atoms with Crippen LogP contribution in [0.3, 0.4) is 0 Å². The highest BCUT2D eigenvalue weighted by Gasteiger charge is 2.65. The maximum absolute atomic E-state index is 15.8. The molecular formula is C29H32Cl2FN5O2. The molecule has 3 heterocycles. The predicted molar refractivity (Wildman–Crippen MR) is 150 cm³/mol. The van der Waals surface area contributed by atoms with Gasteiger partial charge in [-0.3, -0.25) is 9.48 Å². The monoisotopic (exact) mass is 571 g/mol. The first-order valence-electron chi connectivity index (χ1n) is 12.9. The fourth-order valence-corrected chi connectivity index (χ4v) is 6.72. The van der Waals surface area contributed by atoms with Crippen LogP contribution in [-0.4, -0.2) is 33.2 Å². The Morgan fingerprint density at radius 3 is 2.67 bits per heavy atom. The standard InChI is InChI=1S/C29H32Cl2FN5O2/c1-16-17(14-36(5)35-16)13-33-27(39)37-15-18(12-28(2,3)4)29(25(37)20-7-6-8-22(31)24(20)32)21-10-9-19(30)11-23(21)34-26(29)38/h6-11,14,18,25H,12-13,15H2,1-5H3,(H,33,39)(H,34,38). The summed E-state index contributed by atoms with van der Waals surface area (Å²) in [5.41, 5.74) is 1.73. The molecule has 2 aromatic carbocycles. The number of hydrogen-bond acceptors (Lipinski definition) is 3. The van der Waals surface area contributed by atoms with E-state index < -0.39 is 23.3 Å². The minimum absolute atomic E-state index is 0.0667. The van der Waals surface area contributed by atoms with Crippen LogP contribution in [0.2, 0.25) is 10.0 Å². The maximum Gasteiger partial charge on any atom is 0.318 e. The van der Waals surface area contributed by atoms with E-state index in [0.29, 0.717) is 22.7 Å². The van der Waals surface area contributed by atoms with Crippen molar-refractivity contribution in [1.82, 2.24) is 20.0 Å². The summed E-state index contributed by atoms with van der Waals surface area (Å²) in [5, 5.41) is 10.7. The smallest absolute Gasteiger partial charge is 0.318 e. The fourth-order valence-electron chi connectivity index (χ4n) is 6.37. The number of aryl methyl sites for hydroxylation is 2. The molecule has 2 N–H and O–H groups in total. The van der Waals surface area contributed by atoms with Gasteiger partial charge in [0, 0.05) is 48.2 Å². The van der Waals surface area contributed by atoms with Crippen LogP contribution in [0.4, 0.5) is 14.9 Å². The van der Waals surface area contributed by atoms with Crippen LogP contribution in [-0.2, 0) is 23.8 Å². The third kappa shape index (κ3) is 4.67. The summed E-state index contributed by atoms with van der Waals surface area (Å²) in [6.07, 6.45) is 2.47. The number of urea groups is 1. The third-order valence-corrected chi connectivity index (χ3v) is 8.32. The average molecular weight is 573 g/mol. The Morgan fingerprint density at radius 2 is 2.00 bits per heavy atom. The van der Waals surface area contributed by atoms with Gasteiger partial charge in [-0.15, -0.1) is 0 Å². The molecule has 3 aromatic rings. The second-order valence-electron chi connectivity index (χ2n) is 11.7. The molecule has 0 aliphatic carbocycles. The molecule has 1 spiro atoms. The van der Waals surface area contributed by atoms with Gasteiger partial charge in [0.1, 0.15) is 11.2 Å². The number of nitrogens with zero attached hydrogens (tertiary/aromatic N) is 3. The van der Waals surface area contributed by atoms with Crippen molar-refractivity contribution < 1.29 is 14.0 Å². The molecule has 0 radical (unpaired) electrons. The van der Waals surface area contributed by atoms with Crippen LogP contribution in [0.25, 0.3) is 0 Å². The minimum Gasteiger partial charge on any atom is -0.334 e. The molecule has 3 atom stereocenters. The number of carbonyl (C=O) groups is 2. The summed E-state index contributed by atoms with van der Waals surface area (Å²) in [7, 11) is 1.82. The van der Waals surface area contributed by atoms with Gasteiger partial charge in [-0.2, -0.15) is 5.10 Å². The molecule has 5 rings (SSSR count). The summed E-state index contributed by atoms with van der Waals surface area (Å²) < 4.78 is 17.5. The fraction of sp³-hybridized carbons (Fsp3) is 0.414. The zero-order chi connectivity index (χ0) is 28.3. The molecular weight excluding hydrogens is 540 g/mol. The normalized spacial score (nSPS) is 22.4. The number of nitrogens with one attached hydrogen (secondary N) is 2. The molecule has 2 aliphatic heterocycles. The number of carbonyl (C=O) groups excluding carboxylic acids is 2. The first-order chi connectivity index (χ1) is 18.3. The minimum atomic E-state index is -1.25. The number of rotatable bonds is 4. The molecule has 10 heteroatoms. The van der Waals surface area contributed by atoms with Gasteiger partial charge >= 0.3 is 6.03 Å². The SMILES string of the molecule is Cc1nn(C)cc1CNC(=O)N1CC(CC(C)(C)C)C2(C(=O)Nc3cc(Cl)ccc32)C1c1cccc(Cl)c1F. The van der Waals surface area contributed by atoms with Gasteiger partial charge in [-0.25, -0.2) is 9.18 Å². The van der Waals surface area contributed by atoms with Crippen molar-refractivity contribution in [2.45, 2.75) is 52.1 Å². The van der Waals surface area contributed by atoms with Gasteiger partial charge in [0.2, 0.25) is 5.91 Å². The zero-order valence-corrected chi connectivity index (χ0v) is 24.1. The lowest BCUT2D eigenvalue weighted by Gasteiger charge is -2.38. The zero-order valence-electron chi connectivity index (χ0n) is 22.6. The van der Waals surface area contributed by atoms with Gasteiger partial charge in [-0.1, -0.05) is 62.2 Å². The van der Waals surface area contributed by atoms with Crippen molar-refractivity contribution in [3.63, 3.8) is 0 Å². The van der Waals surface area contributed by atoms with E-state index in [4.69, 9.17) is 23.2 Å². The van der Waals surface area contributed by atoms with E-state index in [9.17, 15) is 9.59 Å². The van der Waals surface area contributed by atoms with Gasteiger partial charge < -0.3 is 15.5 Å². The van der Waals surface area contributed by atoms with Crippen LogP contribution in [0, 0.1) is 24.1 Å². The van der Waals surface area contributed by atoms with E-state index in [1.807, 2.05) is 26.2 Å². The summed E-state index contributed by atoms with van der Waals surface area (Å²) in [6.45, 7) is 8.66. The summed E-state index contributed by atoms with van der Waals surface area (Å²) in [6, 6.07) is 8.64. The molecule has 1 aromatic heterocycles. The molecule has 3 amide bonds. The van der Waals surface area contributed by atoms with E-state index in [0.717, 1.165) is 11.3 Å². The van der Waals surface area contributed by atoms with Crippen molar-refractivity contribution in [3.05, 3.63) is 80.8 Å². The lowest BCUT2D eigenvalue weighted by molar-refractivity contribution is -0.123. The van der Waals surface area contributed by atoms with Crippen molar-refractivity contribution in [2.24, 2.45) is 18.4 Å². The van der Waals surface area contributed by atoms with E-state index in [1.165, 1.54) is 6.07 Å². The number of amides is 3. The number of anilines is 1. The highest BCUT2D eigenvalue weighted by atomic mass is 35.5. The number of hydrogen-bond donors (Lipinski definition) is 2. The van der Waals surface area contributed by atoms with Crippen molar-refractivity contribution >= 4 is 40.8 Å². The van der Waals surface area contributed by atoms with Crippen LogP contribution in [0.5, 0.6) is 0 Å². The molecule has 0 saturated carbocycles. The number of benzene rings is 2. The first kappa shape index (κ1) is 27.5. The molecule has 3 unspecified atom stereocenters. The van der Waals surface area contributed by atoms with Gasteiger partial charge in [0.05, 0.1) is 16.8 Å². The Hall–Kier alpha value is -3.10. The predicted octanol–water partition coefficient (Wildman–Crippen LogP) is 6.38. The van der Waals surface area contributed by atoms with Crippen molar-refractivity contribution in [1.29, 1.82) is 0 Å². The Kier molecular flexibility index (Phi) is 6.92. The van der Waals surface area contributed by atoms with E-state index in [2.05, 4.69) is 36.5 Å². The van der Waals surface area contributed by atoms with Crippen LogP contribution >= 0.6 is 23.2 Å². The summed E-state index contributed by atoms with van der Waals surface area (Å²) in [4.78, 5) is 29.7. The molecule has 7 nitrogen and oxygen atoms in total. The van der Waals surface area contributed by atoms with Gasteiger partial charge in [0.25, 0.3) is 0 Å². The van der Waals surface area contributed by atoms with Gasteiger partial charge in [0.15, 0.2) is 0 Å². The molecule has 1 saturated heterocycles. The average Bonchev–Trinajstić information content (AvgIpc) is 3.44. The largest absolute Gasteiger partial charge is 0.334 e. The van der Waals surface area contributed by atoms with E-state index in [1.54, 1.807) is 33.8 Å². The Labute approximate surface area is 237 Å². The number of halogens is 3. The van der Waals surface area contributed by atoms with Crippen molar-refractivity contribution in [3.8, 4) is 0 Å². The highest BCUT2D eigenvalue weighted by molar-refractivity contribution is 6.31. The lowest BCUT2D eigenvalue weighted by Crippen LogP contribution is -2.47. The van der Waals surface area contributed by atoms with Crippen LogP contribution < -0.4 is 10.6 Å². The first-order valence-corrected chi connectivity index (χ1v) is 13.7. The second kappa shape index (κ2) is 9.82. The van der Waals surface area contributed by atoms with Crippen molar-refractivity contribution in [2.75, 3.05) is 11.9 Å². The maximum atomic E-state index is 15.8. The number of likely N-dealkylation sites (tertiary alicyclic amines) is 1. The number of aromatic nitrogens is 2. The molecule has 2 aliphatic rings. The Bertz CT molecular complexity index is 1470. The molecule has 206 valence electrons. The van der Waals surface area contributed by atoms with Gasteiger partial charge in [-0.05, 0) is 48.4 Å². The quantitative estimate of drug-likeness (QED) is 0.381. The molecule has 0 bridgehead atoms. The third-order valence-electron chi connectivity index (χ3n) is 7.80.